The van der Waals surface area contributed by atoms with Crippen LogP contribution in [0.1, 0.15) is 104 Å². The lowest BCUT2D eigenvalue weighted by atomic mass is 9.83. The van der Waals surface area contributed by atoms with E-state index in [1.165, 1.54) is 25.7 Å². The molecule has 0 unspecified atom stereocenters. The number of carbonyl (C=O) groups is 2. The normalized spacial score (nSPS) is 19.9. The van der Waals surface area contributed by atoms with Crippen molar-refractivity contribution in [2.75, 3.05) is 13.2 Å². The summed E-state index contributed by atoms with van der Waals surface area (Å²) in [6.45, 7) is 5.47. The number of carbonyl (C=O) groups excluding carboxylic acids is 2. The van der Waals surface area contributed by atoms with Gasteiger partial charge < -0.3 is 9.47 Å². The summed E-state index contributed by atoms with van der Waals surface area (Å²) >= 11 is 0. The van der Waals surface area contributed by atoms with Crippen LogP contribution >= 0.6 is 0 Å². The van der Waals surface area contributed by atoms with Gasteiger partial charge in [0.2, 0.25) is 0 Å². The molecule has 26 heavy (non-hydrogen) atoms. The molecule has 0 amide bonds. The fourth-order valence-corrected chi connectivity index (χ4v) is 3.52. The Labute approximate surface area is 160 Å². The molecular weight excluding hydrogens is 328 g/mol. The summed E-state index contributed by atoms with van der Waals surface area (Å²) in [5, 5.41) is 0. The van der Waals surface area contributed by atoms with Crippen molar-refractivity contribution >= 4 is 11.9 Å². The Morgan fingerprint density at radius 1 is 0.654 bits per heavy atom. The minimum absolute atomic E-state index is 0.0415. The van der Waals surface area contributed by atoms with E-state index in [0.717, 1.165) is 51.4 Å². The second kappa shape index (κ2) is 15.0. The Hall–Kier alpha value is -1.06. The van der Waals surface area contributed by atoms with E-state index < -0.39 is 0 Å². The number of rotatable bonds is 14. The quantitative estimate of drug-likeness (QED) is 0.286. The first-order valence-electron chi connectivity index (χ1n) is 11.0. The second-order valence-corrected chi connectivity index (χ2v) is 7.87. The number of hydrogen-bond acceptors (Lipinski definition) is 4. The molecular formula is C22H40O4. The first kappa shape index (κ1) is 23.0. The van der Waals surface area contributed by atoms with Crippen LogP contribution in [0.25, 0.3) is 0 Å². The monoisotopic (exact) mass is 368 g/mol. The molecule has 0 aromatic heterocycles. The molecule has 1 saturated carbocycles. The Kier molecular flexibility index (Phi) is 13.3. The molecule has 4 nitrogen and oxygen atoms in total. The van der Waals surface area contributed by atoms with Gasteiger partial charge in [0.15, 0.2) is 0 Å². The third kappa shape index (κ3) is 11.5. The predicted octanol–water partition coefficient (Wildman–Crippen LogP) is 5.82. The zero-order valence-corrected chi connectivity index (χ0v) is 17.1. The summed E-state index contributed by atoms with van der Waals surface area (Å²) in [6.07, 6.45) is 14.3. The third-order valence-corrected chi connectivity index (χ3v) is 5.40. The largest absolute Gasteiger partial charge is 0.465 e. The molecule has 0 aromatic rings. The molecule has 1 fully saturated rings. The summed E-state index contributed by atoms with van der Waals surface area (Å²) in [5.41, 5.74) is 0. The standard InChI is InChI=1S/C22H40O4/c1-3-5-7-9-11-21(23)25-17-19-13-15-20(16-14-19)18-26-22(24)12-10-8-6-4-2/h19-20H,3-18H2,1-2H3. The Balaban J connectivity index is 2.02. The van der Waals surface area contributed by atoms with Crippen LogP contribution in [-0.2, 0) is 19.1 Å². The summed E-state index contributed by atoms with van der Waals surface area (Å²) in [5.74, 6) is 0.881. The minimum atomic E-state index is -0.0415. The van der Waals surface area contributed by atoms with Gasteiger partial charge in [-0.05, 0) is 50.4 Å². The summed E-state index contributed by atoms with van der Waals surface area (Å²) in [7, 11) is 0. The van der Waals surface area contributed by atoms with Gasteiger partial charge >= 0.3 is 11.9 Å². The van der Waals surface area contributed by atoms with E-state index in [-0.39, 0.29) is 11.9 Å². The van der Waals surface area contributed by atoms with Crippen LogP contribution in [0.3, 0.4) is 0 Å². The lowest BCUT2D eigenvalue weighted by molar-refractivity contribution is -0.147. The van der Waals surface area contributed by atoms with Gasteiger partial charge in [0.25, 0.3) is 0 Å². The maximum absolute atomic E-state index is 11.7. The van der Waals surface area contributed by atoms with Gasteiger partial charge in [-0.1, -0.05) is 52.4 Å². The molecule has 0 heterocycles. The highest BCUT2D eigenvalue weighted by atomic mass is 16.5. The Morgan fingerprint density at radius 3 is 1.38 bits per heavy atom. The van der Waals surface area contributed by atoms with E-state index in [1.54, 1.807) is 0 Å². The van der Waals surface area contributed by atoms with Gasteiger partial charge in [0.05, 0.1) is 13.2 Å². The van der Waals surface area contributed by atoms with Gasteiger partial charge in [-0.3, -0.25) is 9.59 Å². The van der Waals surface area contributed by atoms with Crippen LogP contribution in [0.15, 0.2) is 0 Å². The topological polar surface area (TPSA) is 52.6 Å². The van der Waals surface area contributed by atoms with Crippen molar-refractivity contribution in [1.82, 2.24) is 0 Å². The summed E-state index contributed by atoms with van der Waals surface area (Å²) < 4.78 is 10.9. The first-order valence-corrected chi connectivity index (χ1v) is 11.0. The lowest BCUT2D eigenvalue weighted by Crippen LogP contribution is -2.23. The van der Waals surface area contributed by atoms with Crippen molar-refractivity contribution < 1.29 is 19.1 Å². The molecule has 0 aromatic carbocycles. The molecule has 1 aliphatic rings. The number of esters is 2. The molecule has 0 atom stereocenters. The zero-order valence-electron chi connectivity index (χ0n) is 17.1. The Morgan fingerprint density at radius 2 is 1.04 bits per heavy atom. The number of unbranched alkanes of at least 4 members (excludes halogenated alkanes) is 6. The second-order valence-electron chi connectivity index (χ2n) is 7.87. The van der Waals surface area contributed by atoms with Crippen molar-refractivity contribution in [2.24, 2.45) is 11.8 Å². The molecule has 0 bridgehead atoms. The lowest BCUT2D eigenvalue weighted by Gasteiger charge is -2.27. The van der Waals surface area contributed by atoms with E-state index in [2.05, 4.69) is 13.8 Å². The molecule has 4 heteroatoms. The van der Waals surface area contributed by atoms with E-state index in [4.69, 9.17) is 9.47 Å². The average Bonchev–Trinajstić information content (AvgIpc) is 2.66. The smallest absolute Gasteiger partial charge is 0.305 e. The van der Waals surface area contributed by atoms with Gasteiger partial charge in [-0.2, -0.15) is 0 Å². The molecule has 0 aliphatic heterocycles. The van der Waals surface area contributed by atoms with Crippen molar-refractivity contribution in [3.8, 4) is 0 Å². The molecule has 0 spiro atoms. The number of hydrogen-bond donors (Lipinski definition) is 0. The van der Waals surface area contributed by atoms with Crippen LogP contribution in [0.5, 0.6) is 0 Å². The predicted molar refractivity (Wildman–Crippen MR) is 105 cm³/mol. The highest BCUT2D eigenvalue weighted by Crippen LogP contribution is 2.29. The van der Waals surface area contributed by atoms with E-state index >= 15 is 0 Å². The van der Waals surface area contributed by atoms with Gasteiger partial charge in [-0.25, -0.2) is 0 Å². The van der Waals surface area contributed by atoms with Gasteiger partial charge in [0, 0.05) is 12.8 Å². The molecule has 0 N–H and O–H groups in total. The molecule has 0 radical (unpaired) electrons. The maximum Gasteiger partial charge on any atom is 0.305 e. The number of ether oxygens (including phenoxy) is 2. The van der Waals surface area contributed by atoms with Crippen molar-refractivity contribution in [2.45, 2.75) is 104 Å². The van der Waals surface area contributed by atoms with Crippen LogP contribution in [0.4, 0.5) is 0 Å². The molecule has 1 aliphatic carbocycles. The first-order chi connectivity index (χ1) is 12.7. The fraction of sp³-hybridized carbons (Fsp3) is 0.909. The summed E-state index contributed by atoms with van der Waals surface area (Å²) in [4.78, 5) is 23.5. The highest BCUT2D eigenvalue weighted by Gasteiger charge is 2.23. The van der Waals surface area contributed by atoms with Crippen molar-refractivity contribution in [1.29, 1.82) is 0 Å². The average molecular weight is 369 g/mol. The van der Waals surface area contributed by atoms with Crippen molar-refractivity contribution in [3.63, 3.8) is 0 Å². The van der Waals surface area contributed by atoms with E-state index in [9.17, 15) is 9.59 Å². The van der Waals surface area contributed by atoms with E-state index in [1.807, 2.05) is 0 Å². The fourth-order valence-electron chi connectivity index (χ4n) is 3.52. The molecule has 1 rings (SSSR count). The van der Waals surface area contributed by atoms with Crippen LogP contribution in [0, 0.1) is 11.8 Å². The molecule has 0 saturated heterocycles. The van der Waals surface area contributed by atoms with Crippen molar-refractivity contribution in [3.05, 3.63) is 0 Å². The third-order valence-electron chi connectivity index (χ3n) is 5.40. The van der Waals surface area contributed by atoms with Gasteiger partial charge in [-0.15, -0.1) is 0 Å². The van der Waals surface area contributed by atoms with Crippen LogP contribution in [0.2, 0.25) is 0 Å². The van der Waals surface area contributed by atoms with Gasteiger partial charge in [0.1, 0.15) is 0 Å². The van der Waals surface area contributed by atoms with Crippen LogP contribution in [-0.4, -0.2) is 25.2 Å². The zero-order chi connectivity index (χ0) is 19.0. The minimum Gasteiger partial charge on any atom is -0.465 e. The Bertz CT molecular complexity index is 336. The maximum atomic E-state index is 11.7. The molecule has 152 valence electrons. The van der Waals surface area contributed by atoms with E-state index in [0.29, 0.717) is 37.9 Å². The van der Waals surface area contributed by atoms with Crippen LogP contribution < -0.4 is 0 Å². The summed E-state index contributed by atoms with van der Waals surface area (Å²) in [6, 6.07) is 0. The SMILES string of the molecule is CCCCCCC(=O)OCC1CCC(COC(=O)CCCCCC)CC1. The highest BCUT2D eigenvalue weighted by molar-refractivity contribution is 5.69.